The minimum absolute atomic E-state index is 0.146. The van der Waals surface area contributed by atoms with Gasteiger partial charge in [0.05, 0.1) is 25.4 Å². The minimum atomic E-state index is -0.873. The second-order valence-electron chi connectivity index (χ2n) is 5.66. The highest BCUT2D eigenvalue weighted by Crippen LogP contribution is 2.43. The molecular weight excluding hydrogens is 353 g/mol. The van der Waals surface area contributed by atoms with Crippen molar-refractivity contribution in [1.29, 1.82) is 0 Å². The maximum atomic E-state index is 14.4. The number of benzene rings is 1. The quantitative estimate of drug-likeness (QED) is 0.775. The number of aliphatic hydroxyl groups is 1. The predicted molar refractivity (Wildman–Crippen MR) is 83.3 cm³/mol. The number of hydrogen-bond acceptors (Lipinski definition) is 3. The lowest BCUT2D eigenvalue weighted by Gasteiger charge is -2.31. The van der Waals surface area contributed by atoms with Gasteiger partial charge < -0.3 is 9.84 Å². The Hall–Kier alpha value is -1.24. The Morgan fingerprint density at radius 2 is 2.41 bits per heavy atom. The molecule has 1 aliphatic rings. The highest BCUT2D eigenvalue weighted by atomic mass is 79.9. The molecule has 6 heteroatoms. The van der Waals surface area contributed by atoms with Crippen LogP contribution in [0.1, 0.15) is 25.3 Å². The Morgan fingerprint density at radius 3 is 3.00 bits per heavy atom. The molecular formula is C16H20BrFNO3+. The van der Waals surface area contributed by atoms with E-state index in [1.807, 2.05) is 0 Å². The van der Waals surface area contributed by atoms with Gasteiger partial charge in [-0.2, -0.15) is 0 Å². The van der Waals surface area contributed by atoms with Crippen LogP contribution in [0.5, 0.6) is 0 Å². The van der Waals surface area contributed by atoms with E-state index < -0.39 is 11.4 Å². The van der Waals surface area contributed by atoms with Gasteiger partial charge in [-0.1, -0.05) is 22.5 Å². The molecule has 0 saturated heterocycles. The molecule has 22 heavy (non-hydrogen) atoms. The first-order valence-corrected chi connectivity index (χ1v) is 7.91. The molecule has 0 bridgehead atoms. The number of aliphatic hydroxyl groups excluding tert-OH is 1. The van der Waals surface area contributed by atoms with E-state index in [1.54, 1.807) is 12.1 Å². The van der Waals surface area contributed by atoms with Crippen molar-refractivity contribution in [1.82, 2.24) is 0 Å². The third-order valence-corrected chi connectivity index (χ3v) is 4.73. The minimum Gasteiger partial charge on any atom is -0.498 e. The Morgan fingerprint density at radius 1 is 1.68 bits per heavy atom. The molecule has 0 aliphatic heterocycles. The van der Waals surface area contributed by atoms with Crippen LogP contribution in [-0.4, -0.2) is 23.7 Å². The van der Waals surface area contributed by atoms with E-state index in [4.69, 9.17) is 4.74 Å². The first-order chi connectivity index (χ1) is 10.4. The van der Waals surface area contributed by atoms with Gasteiger partial charge in [-0.3, -0.25) is 5.32 Å². The van der Waals surface area contributed by atoms with Crippen LogP contribution in [0.2, 0.25) is 0 Å². The number of nitrogens with two attached hydrogens (primary N) is 1. The van der Waals surface area contributed by atoms with Gasteiger partial charge in [0.15, 0.2) is 0 Å². The van der Waals surface area contributed by atoms with Gasteiger partial charge in [0.1, 0.15) is 17.5 Å². The molecule has 120 valence electrons. The summed E-state index contributed by atoms with van der Waals surface area (Å²) in [6, 6.07) is 4.65. The van der Waals surface area contributed by atoms with Crippen LogP contribution in [0.15, 0.2) is 35.5 Å². The number of hydrogen-bond donors (Lipinski definition) is 2. The summed E-state index contributed by atoms with van der Waals surface area (Å²) in [7, 11) is 0. The van der Waals surface area contributed by atoms with Crippen LogP contribution in [0.25, 0.3) is 0 Å². The smallest absolute Gasteiger partial charge is 0.308 e. The van der Waals surface area contributed by atoms with Crippen molar-refractivity contribution in [3.8, 4) is 0 Å². The van der Waals surface area contributed by atoms with Gasteiger partial charge in [-0.05, 0) is 24.6 Å². The van der Waals surface area contributed by atoms with E-state index in [2.05, 4.69) is 22.5 Å². The second-order valence-corrected chi connectivity index (χ2v) is 6.58. The van der Waals surface area contributed by atoms with Crippen molar-refractivity contribution in [2.24, 2.45) is 5.92 Å². The monoisotopic (exact) mass is 372 g/mol. The molecule has 4 nitrogen and oxygen atoms in total. The van der Waals surface area contributed by atoms with E-state index in [0.717, 1.165) is 4.47 Å². The average Bonchev–Trinajstić information content (AvgIpc) is 2.79. The van der Waals surface area contributed by atoms with Crippen LogP contribution < -0.4 is 5.32 Å². The largest absolute Gasteiger partial charge is 0.498 e. The predicted octanol–water partition coefficient (Wildman–Crippen LogP) is 1.82. The normalized spacial score (nSPS) is 27.6. The molecule has 1 saturated carbocycles. The number of primary amides is 1. The summed E-state index contributed by atoms with van der Waals surface area (Å²) in [4.78, 5) is 11.8. The summed E-state index contributed by atoms with van der Waals surface area (Å²) in [6.45, 7) is 4.84. The van der Waals surface area contributed by atoms with Gasteiger partial charge in [0, 0.05) is 16.8 Å². The molecule has 0 aromatic heterocycles. The summed E-state index contributed by atoms with van der Waals surface area (Å²) in [5.74, 6) is -0.833. The number of carbonyl (C=O) groups is 1. The highest BCUT2D eigenvalue weighted by molar-refractivity contribution is 9.10. The molecule has 1 aliphatic carbocycles. The van der Waals surface area contributed by atoms with E-state index in [0.29, 0.717) is 18.4 Å². The zero-order valence-electron chi connectivity index (χ0n) is 12.4. The summed E-state index contributed by atoms with van der Waals surface area (Å²) in [5, 5.41) is 11.3. The summed E-state index contributed by atoms with van der Waals surface area (Å²) < 4.78 is 20.6. The van der Waals surface area contributed by atoms with E-state index in [-0.39, 0.29) is 24.5 Å². The van der Waals surface area contributed by atoms with E-state index >= 15 is 0 Å². The molecule has 3 atom stereocenters. The Bertz CT molecular complexity index is 581. The van der Waals surface area contributed by atoms with Gasteiger partial charge in [0.2, 0.25) is 0 Å². The van der Waals surface area contributed by atoms with Crippen LogP contribution >= 0.6 is 15.9 Å². The molecule has 2 rings (SSSR count). The van der Waals surface area contributed by atoms with Crippen LogP contribution in [-0.2, 0) is 15.1 Å². The van der Waals surface area contributed by atoms with Gasteiger partial charge in [-0.25, -0.2) is 9.18 Å². The summed E-state index contributed by atoms with van der Waals surface area (Å²) in [6.07, 6.45) is 2.11. The Labute approximate surface area is 137 Å². The fourth-order valence-electron chi connectivity index (χ4n) is 3.43. The lowest BCUT2D eigenvalue weighted by atomic mass is 9.80. The standard InChI is InChI=1S/C16H19BrFNO3/c1-3-22-13-6-11(9-20)16(8-13,19-10(2)21)14-7-12(17)4-5-15(14)18/h3-5,7,11,13,20H,1,6,8-9H2,2H3,(H,19,21)/p+1. The molecule has 3 unspecified atom stereocenters. The Balaban J connectivity index is 2.53. The number of halogens is 2. The number of quaternary nitrogens is 1. The van der Waals surface area contributed by atoms with Gasteiger partial charge in [0.25, 0.3) is 0 Å². The zero-order valence-corrected chi connectivity index (χ0v) is 14.0. The van der Waals surface area contributed by atoms with E-state index in [9.17, 15) is 14.3 Å². The number of carbonyl (C=O) groups excluding carboxylic acids is 1. The topological polar surface area (TPSA) is 63.1 Å². The summed E-state index contributed by atoms with van der Waals surface area (Å²) >= 11 is 3.35. The lowest BCUT2D eigenvalue weighted by Crippen LogP contribution is -2.98. The first-order valence-electron chi connectivity index (χ1n) is 7.12. The molecule has 0 heterocycles. The second kappa shape index (κ2) is 6.89. The van der Waals surface area contributed by atoms with Crippen LogP contribution in [0.3, 0.4) is 0 Å². The average molecular weight is 373 g/mol. The SMILES string of the molecule is C=COC1CC(CO)C([NH2+]C(C)=O)(c2cc(Br)ccc2F)C1. The maximum Gasteiger partial charge on any atom is 0.308 e. The van der Waals surface area contributed by atoms with Crippen molar-refractivity contribution in [3.63, 3.8) is 0 Å². The van der Waals surface area contributed by atoms with E-state index in [1.165, 1.54) is 24.6 Å². The molecule has 1 amide bonds. The van der Waals surface area contributed by atoms with Crippen molar-refractivity contribution in [3.05, 3.63) is 46.9 Å². The van der Waals surface area contributed by atoms with Crippen molar-refractivity contribution in [2.45, 2.75) is 31.4 Å². The first kappa shape index (κ1) is 17.1. The van der Waals surface area contributed by atoms with Gasteiger partial charge >= 0.3 is 5.91 Å². The summed E-state index contributed by atoms with van der Waals surface area (Å²) in [5.41, 5.74) is -0.464. The molecule has 1 fully saturated rings. The maximum absolute atomic E-state index is 14.4. The molecule has 0 radical (unpaired) electrons. The number of amides is 1. The third kappa shape index (κ3) is 3.24. The zero-order chi connectivity index (χ0) is 16.3. The highest BCUT2D eigenvalue weighted by Gasteiger charge is 2.54. The molecule has 1 aromatic carbocycles. The molecule has 3 N–H and O–H groups in total. The van der Waals surface area contributed by atoms with Crippen molar-refractivity contribution >= 4 is 21.8 Å². The number of ether oxygens (including phenoxy) is 1. The van der Waals surface area contributed by atoms with Crippen molar-refractivity contribution in [2.75, 3.05) is 6.61 Å². The van der Waals surface area contributed by atoms with Crippen molar-refractivity contribution < 1.29 is 24.3 Å². The third-order valence-electron chi connectivity index (χ3n) is 4.24. The molecule has 1 aromatic rings. The van der Waals surface area contributed by atoms with Crippen LogP contribution in [0, 0.1) is 11.7 Å². The Kier molecular flexibility index (Phi) is 5.36. The van der Waals surface area contributed by atoms with Gasteiger partial charge in [-0.15, -0.1) is 0 Å². The fourth-order valence-corrected chi connectivity index (χ4v) is 3.79. The fraction of sp³-hybridized carbons (Fsp3) is 0.438. The van der Waals surface area contributed by atoms with Crippen LogP contribution in [0.4, 0.5) is 4.39 Å². The lowest BCUT2D eigenvalue weighted by molar-refractivity contribution is -0.664. The molecule has 0 spiro atoms. The number of rotatable bonds is 5.